The van der Waals surface area contributed by atoms with Crippen molar-refractivity contribution >= 4 is 35.0 Å². The molecular formula is C18H16ClN3O2S. The molecule has 0 atom stereocenters. The molecular weight excluding hydrogens is 358 g/mol. The average molecular weight is 374 g/mol. The monoisotopic (exact) mass is 373 g/mol. The fraction of sp³-hybridized carbons (Fsp3) is 0.167. The highest BCUT2D eigenvalue weighted by molar-refractivity contribution is 7.99. The Labute approximate surface area is 154 Å². The Kier molecular flexibility index (Phi) is 5.40. The summed E-state index contributed by atoms with van der Waals surface area (Å²) in [6.45, 7) is 3.98. The molecule has 0 saturated heterocycles. The molecule has 0 radical (unpaired) electrons. The van der Waals surface area contributed by atoms with Crippen LogP contribution in [0.15, 0.2) is 52.1 Å². The smallest absolute Gasteiger partial charge is 0.277 e. The van der Waals surface area contributed by atoms with E-state index < -0.39 is 0 Å². The molecule has 1 heterocycles. The number of benzene rings is 2. The Morgan fingerprint density at radius 1 is 1.20 bits per heavy atom. The molecule has 0 fully saturated rings. The van der Waals surface area contributed by atoms with E-state index in [0.29, 0.717) is 16.1 Å². The van der Waals surface area contributed by atoms with Gasteiger partial charge in [0.25, 0.3) is 5.22 Å². The number of halogens is 1. The lowest BCUT2D eigenvalue weighted by Gasteiger charge is -2.08. The van der Waals surface area contributed by atoms with Gasteiger partial charge in [-0.15, -0.1) is 10.2 Å². The number of aryl methyl sites for hydroxylation is 2. The van der Waals surface area contributed by atoms with Crippen LogP contribution in [0.2, 0.25) is 5.02 Å². The first-order valence-corrected chi connectivity index (χ1v) is 8.97. The zero-order valence-electron chi connectivity index (χ0n) is 13.7. The zero-order valence-corrected chi connectivity index (χ0v) is 15.3. The number of aromatic nitrogens is 2. The van der Waals surface area contributed by atoms with Crippen molar-refractivity contribution in [1.29, 1.82) is 0 Å². The van der Waals surface area contributed by atoms with E-state index in [9.17, 15) is 4.79 Å². The molecule has 7 heteroatoms. The molecule has 0 bridgehead atoms. The van der Waals surface area contributed by atoms with Crippen LogP contribution >= 0.6 is 23.4 Å². The van der Waals surface area contributed by atoms with Gasteiger partial charge in [-0.3, -0.25) is 4.79 Å². The molecule has 5 nitrogen and oxygen atoms in total. The Balaban J connectivity index is 1.59. The van der Waals surface area contributed by atoms with Crippen molar-refractivity contribution < 1.29 is 9.21 Å². The second-order valence-electron chi connectivity index (χ2n) is 5.54. The van der Waals surface area contributed by atoms with Crippen LogP contribution in [0.25, 0.3) is 11.5 Å². The second kappa shape index (κ2) is 7.72. The minimum Gasteiger partial charge on any atom is -0.411 e. The molecule has 0 aliphatic heterocycles. The quantitative estimate of drug-likeness (QED) is 0.654. The van der Waals surface area contributed by atoms with Crippen LogP contribution in [-0.2, 0) is 4.79 Å². The van der Waals surface area contributed by atoms with E-state index in [0.717, 1.165) is 22.4 Å². The highest BCUT2D eigenvalue weighted by Gasteiger charge is 2.12. The standard InChI is InChI=1S/C18H16ClN3O2S/c1-11-6-7-15(12(2)8-11)20-16(23)10-25-18-22-21-17(24-18)13-4-3-5-14(19)9-13/h3-9H,10H2,1-2H3,(H,20,23). The molecule has 1 N–H and O–H groups in total. The number of hydrogen-bond donors (Lipinski definition) is 1. The summed E-state index contributed by atoms with van der Waals surface area (Å²) < 4.78 is 5.57. The van der Waals surface area contributed by atoms with Crippen LogP contribution in [0.5, 0.6) is 0 Å². The number of anilines is 1. The highest BCUT2D eigenvalue weighted by Crippen LogP contribution is 2.25. The highest BCUT2D eigenvalue weighted by atomic mass is 35.5. The van der Waals surface area contributed by atoms with Gasteiger partial charge in [0.1, 0.15) is 0 Å². The minimum absolute atomic E-state index is 0.126. The van der Waals surface area contributed by atoms with Gasteiger partial charge in [-0.05, 0) is 43.7 Å². The van der Waals surface area contributed by atoms with Gasteiger partial charge in [0, 0.05) is 16.3 Å². The van der Waals surface area contributed by atoms with E-state index >= 15 is 0 Å². The number of nitrogens with zero attached hydrogens (tertiary/aromatic N) is 2. The van der Waals surface area contributed by atoms with Crippen LogP contribution in [0.3, 0.4) is 0 Å². The number of thioether (sulfide) groups is 1. The lowest BCUT2D eigenvalue weighted by atomic mass is 10.1. The summed E-state index contributed by atoms with van der Waals surface area (Å²) in [5.74, 6) is 0.434. The summed E-state index contributed by atoms with van der Waals surface area (Å²) in [4.78, 5) is 12.1. The number of carbonyl (C=O) groups is 1. The van der Waals surface area contributed by atoms with Gasteiger partial charge < -0.3 is 9.73 Å². The van der Waals surface area contributed by atoms with Crippen molar-refractivity contribution in [3.05, 3.63) is 58.6 Å². The first-order valence-electron chi connectivity index (χ1n) is 7.60. The summed E-state index contributed by atoms with van der Waals surface area (Å²) in [6, 6.07) is 13.1. The maximum atomic E-state index is 12.1. The molecule has 1 amide bonds. The van der Waals surface area contributed by atoms with E-state index in [1.165, 1.54) is 11.8 Å². The van der Waals surface area contributed by atoms with Gasteiger partial charge in [0.05, 0.1) is 5.75 Å². The number of rotatable bonds is 5. The third kappa shape index (κ3) is 4.61. The topological polar surface area (TPSA) is 68.0 Å². The minimum atomic E-state index is -0.126. The SMILES string of the molecule is Cc1ccc(NC(=O)CSc2nnc(-c3cccc(Cl)c3)o2)c(C)c1. The zero-order chi connectivity index (χ0) is 17.8. The van der Waals surface area contributed by atoms with Crippen LogP contribution < -0.4 is 5.32 Å². The molecule has 3 rings (SSSR count). The number of hydrogen-bond acceptors (Lipinski definition) is 5. The van der Waals surface area contributed by atoms with E-state index in [2.05, 4.69) is 15.5 Å². The Bertz CT molecular complexity index is 911. The van der Waals surface area contributed by atoms with Crippen molar-refractivity contribution in [2.45, 2.75) is 19.1 Å². The van der Waals surface area contributed by atoms with Crippen molar-refractivity contribution in [1.82, 2.24) is 10.2 Å². The summed E-state index contributed by atoms with van der Waals surface area (Å²) in [7, 11) is 0. The van der Waals surface area contributed by atoms with E-state index in [1.54, 1.807) is 12.1 Å². The van der Waals surface area contributed by atoms with Crippen LogP contribution in [0.4, 0.5) is 5.69 Å². The Hall–Kier alpha value is -2.31. The first kappa shape index (κ1) is 17.5. The summed E-state index contributed by atoms with van der Waals surface area (Å²) in [6.07, 6.45) is 0. The molecule has 2 aromatic carbocycles. The fourth-order valence-electron chi connectivity index (χ4n) is 2.27. The van der Waals surface area contributed by atoms with E-state index in [-0.39, 0.29) is 11.7 Å². The van der Waals surface area contributed by atoms with Gasteiger partial charge in [0.2, 0.25) is 11.8 Å². The van der Waals surface area contributed by atoms with Gasteiger partial charge in [0.15, 0.2) is 0 Å². The molecule has 1 aromatic heterocycles. The third-order valence-electron chi connectivity index (χ3n) is 3.46. The predicted molar refractivity (Wildman–Crippen MR) is 100 cm³/mol. The van der Waals surface area contributed by atoms with Crippen molar-refractivity contribution in [3.63, 3.8) is 0 Å². The summed E-state index contributed by atoms with van der Waals surface area (Å²) in [5, 5.41) is 11.8. The van der Waals surface area contributed by atoms with E-state index in [4.69, 9.17) is 16.0 Å². The molecule has 25 heavy (non-hydrogen) atoms. The van der Waals surface area contributed by atoms with Crippen molar-refractivity contribution in [2.24, 2.45) is 0 Å². The number of amides is 1. The summed E-state index contributed by atoms with van der Waals surface area (Å²) >= 11 is 7.15. The molecule has 0 unspecified atom stereocenters. The molecule has 0 aliphatic carbocycles. The molecule has 3 aromatic rings. The number of carbonyl (C=O) groups excluding carboxylic acids is 1. The average Bonchev–Trinajstić information content (AvgIpc) is 3.05. The summed E-state index contributed by atoms with van der Waals surface area (Å²) in [5.41, 5.74) is 3.73. The third-order valence-corrected chi connectivity index (χ3v) is 4.51. The van der Waals surface area contributed by atoms with Gasteiger partial charge >= 0.3 is 0 Å². The maximum Gasteiger partial charge on any atom is 0.277 e. The lowest BCUT2D eigenvalue weighted by Crippen LogP contribution is -2.14. The normalized spacial score (nSPS) is 10.7. The van der Waals surface area contributed by atoms with Gasteiger partial charge in [-0.25, -0.2) is 0 Å². The lowest BCUT2D eigenvalue weighted by molar-refractivity contribution is -0.113. The molecule has 0 spiro atoms. The number of nitrogens with one attached hydrogen (secondary N) is 1. The van der Waals surface area contributed by atoms with Gasteiger partial charge in [-0.2, -0.15) is 0 Å². The molecule has 0 saturated carbocycles. The van der Waals surface area contributed by atoms with E-state index in [1.807, 2.05) is 44.2 Å². The predicted octanol–water partition coefficient (Wildman–Crippen LogP) is 4.74. The Morgan fingerprint density at radius 3 is 2.80 bits per heavy atom. The largest absolute Gasteiger partial charge is 0.411 e. The van der Waals surface area contributed by atoms with Gasteiger partial charge in [-0.1, -0.05) is 47.1 Å². The van der Waals surface area contributed by atoms with Crippen LogP contribution in [0, 0.1) is 13.8 Å². The van der Waals surface area contributed by atoms with Crippen molar-refractivity contribution in [2.75, 3.05) is 11.1 Å². The molecule has 128 valence electrons. The maximum absolute atomic E-state index is 12.1. The Morgan fingerprint density at radius 2 is 2.04 bits per heavy atom. The van der Waals surface area contributed by atoms with Crippen LogP contribution in [0.1, 0.15) is 11.1 Å². The van der Waals surface area contributed by atoms with Crippen molar-refractivity contribution in [3.8, 4) is 11.5 Å². The second-order valence-corrected chi connectivity index (χ2v) is 6.90. The molecule has 0 aliphatic rings. The fourth-order valence-corrected chi connectivity index (χ4v) is 3.03. The first-order chi connectivity index (χ1) is 12.0. The van der Waals surface area contributed by atoms with Crippen LogP contribution in [-0.4, -0.2) is 21.9 Å².